The van der Waals surface area contributed by atoms with E-state index in [0.29, 0.717) is 12.1 Å². The molecule has 1 fully saturated rings. The molecule has 0 saturated carbocycles. The minimum absolute atomic E-state index is 0.0660. The first-order chi connectivity index (χ1) is 14.6. The fourth-order valence-electron chi connectivity index (χ4n) is 4.04. The summed E-state index contributed by atoms with van der Waals surface area (Å²) in [5.41, 5.74) is 4.17. The summed E-state index contributed by atoms with van der Waals surface area (Å²) in [7, 11) is 0.711. The van der Waals surface area contributed by atoms with Gasteiger partial charge < -0.3 is 9.64 Å². The van der Waals surface area contributed by atoms with Gasteiger partial charge in [-0.1, -0.05) is 35.4 Å². The Morgan fingerprint density at radius 2 is 1.81 bits per heavy atom. The normalized spacial score (nSPS) is 17.0. The quantitative estimate of drug-likeness (QED) is 0.636. The molecule has 0 bridgehead atoms. The zero-order valence-electron chi connectivity index (χ0n) is 18.8. The lowest BCUT2D eigenvalue weighted by Gasteiger charge is -2.24. The van der Waals surface area contributed by atoms with Gasteiger partial charge in [-0.3, -0.25) is 4.79 Å². The van der Waals surface area contributed by atoms with E-state index in [9.17, 15) is 13.2 Å². The van der Waals surface area contributed by atoms with Crippen molar-refractivity contribution in [3.05, 3.63) is 64.7 Å². The SMILES string of the molecule is COc1ccc(/C=C/C(=O)N2CCCC2c2cc(C)cc(C)c2)cc1S(=O)(=O)N(C)C. The molecular formula is C24H30N2O4S. The molecule has 0 N–H and O–H groups in total. The summed E-state index contributed by atoms with van der Waals surface area (Å²) in [6.45, 7) is 4.85. The molecular weight excluding hydrogens is 412 g/mol. The first-order valence-electron chi connectivity index (χ1n) is 10.3. The van der Waals surface area contributed by atoms with Crippen molar-refractivity contribution in [2.24, 2.45) is 0 Å². The Morgan fingerprint density at radius 1 is 1.13 bits per heavy atom. The fourth-order valence-corrected chi connectivity index (χ4v) is 5.12. The highest BCUT2D eigenvalue weighted by molar-refractivity contribution is 7.89. The van der Waals surface area contributed by atoms with Crippen LogP contribution in [-0.2, 0) is 14.8 Å². The predicted molar refractivity (Wildman–Crippen MR) is 123 cm³/mol. The van der Waals surface area contributed by atoms with Gasteiger partial charge in [-0.15, -0.1) is 0 Å². The number of benzene rings is 2. The molecule has 0 aliphatic carbocycles. The van der Waals surface area contributed by atoms with Crippen molar-refractivity contribution in [3.63, 3.8) is 0 Å². The highest BCUT2D eigenvalue weighted by atomic mass is 32.2. The summed E-state index contributed by atoms with van der Waals surface area (Å²) < 4.78 is 31.6. The van der Waals surface area contributed by atoms with Gasteiger partial charge in [0.05, 0.1) is 13.2 Å². The molecule has 3 rings (SSSR count). The van der Waals surface area contributed by atoms with Gasteiger partial charge in [-0.05, 0) is 56.0 Å². The lowest BCUT2D eigenvalue weighted by atomic mass is 9.99. The topological polar surface area (TPSA) is 66.9 Å². The lowest BCUT2D eigenvalue weighted by molar-refractivity contribution is -0.126. The first-order valence-corrected chi connectivity index (χ1v) is 11.7. The average Bonchev–Trinajstić information content (AvgIpc) is 3.21. The number of carbonyl (C=O) groups excluding carboxylic acids is 1. The van der Waals surface area contributed by atoms with Crippen LogP contribution in [0.15, 0.2) is 47.4 Å². The number of nitrogens with zero attached hydrogens (tertiary/aromatic N) is 2. The molecule has 1 aliphatic rings. The van der Waals surface area contributed by atoms with Crippen LogP contribution in [0.4, 0.5) is 0 Å². The summed E-state index contributed by atoms with van der Waals surface area (Å²) in [5, 5.41) is 0. The van der Waals surface area contributed by atoms with E-state index < -0.39 is 10.0 Å². The molecule has 0 radical (unpaired) electrons. The number of hydrogen-bond donors (Lipinski definition) is 0. The summed E-state index contributed by atoms with van der Waals surface area (Å²) in [6.07, 6.45) is 5.09. The minimum atomic E-state index is -3.67. The van der Waals surface area contributed by atoms with Crippen LogP contribution in [0.25, 0.3) is 6.08 Å². The van der Waals surface area contributed by atoms with Crippen LogP contribution in [0.2, 0.25) is 0 Å². The van der Waals surface area contributed by atoms with Crippen LogP contribution in [0.1, 0.15) is 41.1 Å². The molecule has 1 saturated heterocycles. The van der Waals surface area contributed by atoms with Crippen LogP contribution in [0, 0.1) is 13.8 Å². The van der Waals surface area contributed by atoms with Crippen molar-refractivity contribution in [2.75, 3.05) is 27.7 Å². The Morgan fingerprint density at radius 3 is 2.42 bits per heavy atom. The van der Waals surface area contributed by atoms with E-state index in [1.54, 1.807) is 18.2 Å². The lowest BCUT2D eigenvalue weighted by Crippen LogP contribution is -2.29. The van der Waals surface area contributed by atoms with Crippen molar-refractivity contribution in [1.29, 1.82) is 0 Å². The molecule has 166 valence electrons. The Balaban J connectivity index is 1.85. The first kappa shape index (κ1) is 23.0. The molecule has 2 aromatic rings. The number of rotatable bonds is 6. The number of likely N-dealkylation sites (tertiary alicyclic amines) is 1. The summed E-state index contributed by atoms with van der Waals surface area (Å²) >= 11 is 0. The molecule has 2 aromatic carbocycles. The third-order valence-electron chi connectivity index (χ3n) is 5.53. The Hall–Kier alpha value is -2.64. The number of methoxy groups -OCH3 is 1. The van der Waals surface area contributed by atoms with E-state index in [0.717, 1.165) is 17.1 Å². The second-order valence-electron chi connectivity index (χ2n) is 8.14. The monoisotopic (exact) mass is 442 g/mol. The number of ether oxygens (including phenoxy) is 1. The maximum Gasteiger partial charge on any atom is 0.247 e. The van der Waals surface area contributed by atoms with Gasteiger partial charge in [0.1, 0.15) is 10.6 Å². The number of aryl methyl sites for hydroxylation is 2. The van der Waals surface area contributed by atoms with Gasteiger partial charge in [0, 0.05) is 26.7 Å². The summed E-state index contributed by atoms with van der Waals surface area (Å²) in [6, 6.07) is 11.4. The smallest absolute Gasteiger partial charge is 0.247 e. The van der Waals surface area contributed by atoms with Gasteiger partial charge in [0.25, 0.3) is 0 Å². The zero-order valence-corrected chi connectivity index (χ0v) is 19.6. The van der Waals surface area contributed by atoms with Crippen molar-refractivity contribution in [2.45, 2.75) is 37.6 Å². The van der Waals surface area contributed by atoms with E-state index in [-0.39, 0.29) is 22.6 Å². The standard InChI is InChI=1S/C24H30N2O4S/c1-17-13-18(2)15-20(14-17)21-7-6-12-26(21)24(27)11-9-19-8-10-22(30-5)23(16-19)31(28,29)25(3)4/h8-11,13-16,21H,6-7,12H2,1-5H3/b11-9+. The molecule has 6 nitrogen and oxygen atoms in total. The maximum absolute atomic E-state index is 13.0. The van der Waals surface area contributed by atoms with Crippen molar-refractivity contribution in [3.8, 4) is 5.75 Å². The highest BCUT2D eigenvalue weighted by Crippen LogP contribution is 2.33. The Labute approximate surface area is 185 Å². The second-order valence-corrected chi connectivity index (χ2v) is 10.3. The van der Waals surface area contributed by atoms with Crippen LogP contribution < -0.4 is 4.74 Å². The molecule has 1 aliphatic heterocycles. The largest absolute Gasteiger partial charge is 0.495 e. The zero-order chi connectivity index (χ0) is 22.8. The predicted octanol–water partition coefficient (Wildman–Crippen LogP) is 3.94. The number of sulfonamides is 1. The van der Waals surface area contributed by atoms with E-state index in [1.165, 1.54) is 50.0 Å². The summed E-state index contributed by atoms with van der Waals surface area (Å²) in [5.74, 6) is 0.195. The van der Waals surface area contributed by atoms with Crippen molar-refractivity contribution < 1.29 is 17.9 Å². The molecule has 0 aromatic heterocycles. The van der Waals surface area contributed by atoms with Gasteiger partial charge in [-0.25, -0.2) is 12.7 Å². The van der Waals surface area contributed by atoms with Crippen LogP contribution in [0.5, 0.6) is 5.75 Å². The third kappa shape index (κ3) is 4.99. The van der Waals surface area contributed by atoms with Crippen LogP contribution >= 0.6 is 0 Å². The molecule has 1 atom stereocenters. The van der Waals surface area contributed by atoms with E-state index >= 15 is 0 Å². The fraction of sp³-hybridized carbons (Fsp3) is 0.375. The molecule has 7 heteroatoms. The maximum atomic E-state index is 13.0. The second kappa shape index (κ2) is 9.24. The van der Waals surface area contributed by atoms with Gasteiger partial charge >= 0.3 is 0 Å². The Bertz CT molecular complexity index is 1090. The minimum Gasteiger partial charge on any atom is -0.495 e. The van der Waals surface area contributed by atoms with Crippen LogP contribution in [-0.4, -0.2) is 51.3 Å². The molecule has 1 heterocycles. The molecule has 1 unspecified atom stereocenters. The Kier molecular flexibility index (Phi) is 6.86. The van der Waals surface area contributed by atoms with E-state index in [1.807, 2.05) is 4.90 Å². The van der Waals surface area contributed by atoms with E-state index in [2.05, 4.69) is 32.0 Å². The molecule has 0 spiro atoms. The number of amides is 1. The van der Waals surface area contributed by atoms with Gasteiger partial charge in [0.15, 0.2) is 0 Å². The van der Waals surface area contributed by atoms with E-state index in [4.69, 9.17) is 4.74 Å². The van der Waals surface area contributed by atoms with Gasteiger partial charge in [0.2, 0.25) is 15.9 Å². The number of hydrogen-bond acceptors (Lipinski definition) is 4. The van der Waals surface area contributed by atoms with Crippen LogP contribution in [0.3, 0.4) is 0 Å². The average molecular weight is 443 g/mol. The third-order valence-corrected chi connectivity index (χ3v) is 7.37. The van der Waals surface area contributed by atoms with Crippen molar-refractivity contribution >= 4 is 22.0 Å². The highest BCUT2D eigenvalue weighted by Gasteiger charge is 2.29. The number of carbonyl (C=O) groups is 1. The molecule has 31 heavy (non-hydrogen) atoms. The van der Waals surface area contributed by atoms with Crippen molar-refractivity contribution in [1.82, 2.24) is 9.21 Å². The molecule has 1 amide bonds. The summed E-state index contributed by atoms with van der Waals surface area (Å²) in [4.78, 5) is 14.9. The van der Waals surface area contributed by atoms with Gasteiger partial charge in [-0.2, -0.15) is 0 Å².